The number of hydrogen-bond acceptors (Lipinski definition) is 4. The van der Waals surface area contributed by atoms with Crippen molar-refractivity contribution < 1.29 is 24.5 Å². The zero-order chi connectivity index (χ0) is 20.2. The predicted molar refractivity (Wildman–Crippen MR) is 104 cm³/mol. The van der Waals surface area contributed by atoms with Crippen LogP contribution in [0.5, 0.6) is 0 Å². The third-order valence-corrected chi connectivity index (χ3v) is 9.73. The van der Waals surface area contributed by atoms with Crippen LogP contribution in [-0.2, 0) is 9.22 Å². The molecule has 0 aliphatic rings. The second kappa shape index (κ2) is 9.30. The summed E-state index contributed by atoms with van der Waals surface area (Å²) in [4.78, 5) is 11.6. The number of carbonyl (C=O) groups is 1. The van der Waals surface area contributed by atoms with E-state index in [1.54, 1.807) is 19.9 Å². The first-order chi connectivity index (χ1) is 11.1. The van der Waals surface area contributed by atoms with Gasteiger partial charge in [0, 0.05) is 12.3 Å². The molecule has 0 amide bonds. The molecule has 5 nitrogen and oxygen atoms in total. The van der Waals surface area contributed by atoms with Crippen LogP contribution in [0.25, 0.3) is 0 Å². The van der Waals surface area contributed by atoms with Crippen molar-refractivity contribution in [2.75, 3.05) is 0 Å². The van der Waals surface area contributed by atoms with Gasteiger partial charge < -0.3 is 19.7 Å². The van der Waals surface area contributed by atoms with Gasteiger partial charge in [-0.15, -0.1) is 0 Å². The minimum absolute atomic E-state index is 0.0598. The second-order valence-electron chi connectivity index (χ2n) is 8.94. The van der Waals surface area contributed by atoms with Crippen molar-refractivity contribution >= 4 is 14.3 Å². The van der Waals surface area contributed by atoms with E-state index in [1.165, 1.54) is 0 Å². The Balaban J connectivity index is 5.41. The molecule has 0 bridgehead atoms. The summed E-state index contributed by atoms with van der Waals surface area (Å²) >= 11 is 0. The summed E-state index contributed by atoms with van der Waals surface area (Å²) in [5.74, 6) is -2.08. The van der Waals surface area contributed by atoms with E-state index in [0.717, 1.165) is 5.57 Å². The Bertz CT molecular complexity index is 463. The van der Waals surface area contributed by atoms with Gasteiger partial charge in [-0.1, -0.05) is 39.3 Å². The summed E-state index contributed by atoms with van der Waals surface area (Å²) in [6.07, 6.45) is -0.346. The fourth-order valence-electron chi connectivity index (χ4n) is 2.46. The van der Waals surface area contributed by atoms with Gasteiger partial charge in [-0.05, 0) is 38.9 Å². The number of carboxylic acid groups (broad SMARTS) is 1. The van der Waals surface area contributed by atoms with Gasteiger partial charge in [0.1, 0.15) is 0 Å². The molecule has 5 atom stereocenters. The van der Waals surface area contributed by atoms with E-state index < -0.39 is 44.4 Å². The number of aliphatic carboxylic acids is 1. The Morgan fingerprint density at radius 1 is 1.16 bits per heavy atom. The van der Waals surface area contributed by atoms with Crippen molar-refractivity contribution in [2.45, 2.75) is 91.3 Å². The summed E-state index contributed by atoms with van der Waals surface area (Å²) in [5.41, 5.74) is 0.973. The van der Waals surface area contributed by atoms with Crippen LogP contribution in [0, 0.1) is 11.8 Å². The molecule has 0 heterocycles. The van der Waals surface area contributed by atoms with E-state index in [0.29, 0.717) is 0 Å². The number of aliphatic hydroxyl groups excluding tert-OH is 2. The maximum atomic E-state index is 11.6. The van der Waals surface area contributed by atoms with Crippen LogP contribution in [0.15, 0.2) is 11.6 Å². The standard InChI is InChI=1S/C19H38O5Si/c1-12(2)10-15(20)11-16(21)13(3)17(14(4)18(22)23)24-25(8,9)19(5,6)7/h10,13-17,20-21H,11H2,1-9H3,(H,22,23)/t13-,14+,15+,16+,17-/m0/s1. The molecule has 0 aliphatic heterocycles. The van der Waals surface area contributed by atoms with E-state index in [4.69, 9.17) is 4.43 Å². The first kappa shape index (κ1) is 24.3. The lowest BCUT2D eigenvalue weighted by molar-refractivity contribution is -0.146. The van der Waals surface area contributed by atoms with E-state index in [1.807, 2.05) is 13.8 Å². The van der Waals surface area contributed by atoms with Crippen molar-refractivity contribution in [1.29, 1.82) is 0 Å². The number of carboxylic acids is 1. The van der Waals surface area contributed by atoms with Gasteiger partial charge >= 0.3 is 5.97 Å². The summed E-state index contributed by atoms with van der Waals surface area (Å²) in [6, 6.07) is 0. The molecule has 0 saturated heterocycles. The molecule has 0 aromatic carbocycles. The van der Waals surface area contributed by atoms with E-state index >= 15 is 0 Å². The van der Waals surface area contributed by atoms with Crippen LogP contribution in [0.4, 0.5) is 0 Å². The Morgan fingerprint density at radius 2 is 1.64 bits per heavy atom. The van der Waals surface area contributed by atoms with Crippen LogP contribution in [-0.4, -0.2) is 47.9 Å². The first-order valence-corrected chi connectivity index (χ1v) is 11.9. The number of aliphatic hydroxyl groups is 2. The lowest BCUT2D eigenvalue weighted by Crippen LogP contribution is -2.50. The molecular formula is C19H38O5Si. The largest absolute Gasteiger partial charge is 0.481 e. The van der Waals surface area contributed by atoms with Gasteiger partial charge in [0.2, 0.25) is 0 Å². The van der Waals surface area contributed by atoms with Gasteiger partial charge in [-0.2, -0.15) is 0 Å². The zero-order valence-electron chi connectivity index (χ0n) is 17.3. The zero-order valence-corrected chi connectivity index (χ0v) is 18.3. The van der Waals surface area contributed by atoms with E-state index in [9.17, 15) is 20.1 Å². The fraction of sp³-hybridized carbons (Fsp3) is 0.842. The third-order valence-electron chi connectivity index (χ3n) is 5.25. The molecule has 0 spiro atoms. The molecule has 0 aromatic rings. The molecule has 0 aliphatic carbocycles. The minimum Gasteiger partial charge on any atom is -0.481 e. The van der Waals surface area contributed by atoms with Crippen LogP contribution < -0.4 is 0 Å². The minimum atomic E-state index is -2.20. The normalized spacial score (nSPS) is 18.8. The van der Waals surface area contributed by atoms with Gasteiger partial charge in [-0.25, -0.2) is 0 Å². The molecule has 0 fully saturated rings. The molecular weight excluding hydrogens is 336 g/mol. The summed E-state index contributed by atoms with van der Waals surface area (Å²) < 4.78 is 6.37. The summed E-state index contributed by atoms with van der Waals surface area (Å²) in [5, 5.41) is 30.0. The van der Waals surface area contributed by atoms with Crippen molar-refractivity contribution in [2.24, 2.45) is 11.8 Å². The summed E-state index contributed by atoms with van der Waals surface area (Å²) in [7, 11) is -2.20. The topological polar surface area (TPSA) is 87.0 Å². The highest BCUT2D eigenvalue weighted by Crippen LogP contribution is 2.39. The lowest BCUT2D eigenvalue weighted by Gasteiger charge is -2.43. The molecule has 25 heavy (non-hydrogen) atoms. The molecule has 0 radical (unpaired) electrons. The maximum Gasteiger partial charge on any atom is 0.308 e. The van der Waals surface area contributed by atoms with E-state index in [-0.39, 0.29) is 11.5 Å². The van der Waals surface area contributed by atoms with Crippen LogP contribution in [0.1, 0.15) is 54.9 Å². The molecule has 0 aromatic heterocycles. The molecule has 6 heteroatoms. The fourth-order valence-corrected chi connectivity index (χ4v) is 3.91. The van der Waals surface area contributed by atoms with E-state index in [2.05, 4.69) is 33.9 Å². The quantitative estimate of drug-likeness (QED) is 0.422. The van der Waals surface area contributed by atoms with Crippen LogP contribution in [0.2, 0.25) is 18.1 Å². The van der Waals surface area contributed by atoms with Gasteiger partial charge in [0.25, 0.3) is 0 Å². The first-order valence-electron chi connectivity index (χ1n) is 9.02. The number of rotatable bonds is 9. The predicted octanol–water partition coefficient (Wildman–Crippen LogP) is 3.81. The highest BCUT2D eigenvalue weighted by atomic mass is 28.4. The van der Waals surface area contributed by atoms with Gasteiger partial charge in [0.05, 0.1) is 24.2 Å². The average Bonchev–Trinajstić information content (AvgIpc) is 2.40. The Hall–Kier alpha value is -0.693. The number of hydrogen-bond donors (Lipinski definition) is 3. The van der Waals surface area contributed by atoms with Gasteiger partial charge in [-0.3, -0.25) is 4.79 Å². The highest BCUT2D eigenvalue weighted by Gasteiger charge is 2.43. The third kappa shape index (κ3) is 7.60. The molecule has 0 saturated carbocycles. The Morgan fingerprint density at radius 3 is 2.00 bits per heavy atom. The SMILES string of the molecule is CC(C)=C[C@@H](O)C[C@@H](O)[C@H](C)[C@H](O[Si](C)(C)C(C)(C)C)[C@@H](C)C(=O)O. The second-order valence-corrected chi connectivity index (χ2v) is 13.7. The molecule has 0 unspecified atom stereocenters. The lowest BCUT2D eigenvalue weighted by atomic mass is 9.87. The molecule has 0 rings (SSSR count). The van der Waals surface area contributed by atoms with Gasteiger partial charge in [0.15, 0.2) is 8.32 Å². The van der Waals surface area contributed by atoms with Crippen LogP contribution in [0.3, 0.4) is 0 Å². The van der Waals surface area contributed by atoms with Crippen molar-refractivity contribution in [1.82, 2.24) is 0 Å². The average molecular weight is 375 g/mol. The highest BCUT2D eigenvalue weighted by molar-refractivity contribution is 6.74. The monoisotopic (exact) mass is 374 g/mol. The Kier molecular flexibility index (Phi) is 9.05. The van der Waals surface area contributed by atoms with Crippen molar-refractivity contribution in [3.05, 3.63) is 11.6 Å². The molecule has 148 valence electrons. The van der Waals surface area contributed by atoms with Crippen molar-refractivity contribution in [3.63, 3.8) is 0 Å². The van der Waals surface area contributed by atoms with Crippen LogP contribution >= 0.6 is 0 Å². The summed E-state index contributed by atoms with van der Waals surface area (Å²) in [6.45, 7) is 17.6. The Labute approximate surface area is 154 Å². The van der Waals surface area contributed by atoms with Crippen molar-refractivity contribution in [3.8, 4) is 0 Å². The smallest absolute Gasteiger partial charge is 0.308 e. The number of allylic oxidation sites excluding steroid dienone is 1. The molecule has 3 N–H and O–H groups in total. The maximum absolute atomic E-state index is 11.6.